The maximum absolute atomic E-state index is 12.4. The average molecular weight is 381 g/mol. The topological polar surface area (TPSA) is 111 Å². The van der Waals surface area contributed by atoms with E-state index in [0.717, 1.165) is 5.56 Å². The number of alkyl carbamates (subject to hydrolysis) is 1. The zero-order chi connectivity index (χ0) is 19.4. The molecule has 26 heavy (non-hydrogen) atoms. The van der Waals surface area contributed by atoms with Crippen molar-refractivity contribution in [2.75, 3.05) is 6.54 Å². The molecule has 1 N–H and O–H groups in total. The number of carbonyl (C=O) groups is 1. The van der Waals surface area contributed by atoms with Crippen LogP contribution >= 0.6 is 0 Å². The Balaban J connectivity index is 1.93. The molecular weight excluding hydrogens is 358 g/mol. The van der Waals surface area contributed by atoms with E-state index in [1.165, 1.54) is 0 Å². The van der Waals surface area contributed by atoms with Crippen molar-refractivity contribution in [1.29, 1.82) is 0 Å². The molecule has 0 aliphatic rings. The standard InChI is InChI=1S/C17H23N3O5S/c1-12-6-5-7-13(10-12)11-26(22,23)16-20-19-14(24-16)8-9-18-15(21)25-17(2,3)4/h5-7,10H,8-9,11H2,1-4H3,(H,18,21). The number of benzene rings is 1. The molecule has 0 bridgehead atoms. The van der Waals surface area contributed by atoms with Gasteiger partial charge < -0.3 is 14.5 Å². The van der Waals surface area contributed by atoms with Crippen LogP contribution in [0.15, 0.2) is 33.9 Å². The number of amides is 1. The quantitative estimate of drug-likeness (QED) is 0.818. The van der Waals surface area contributed by atoms with Crippen LogP contribution in [0.4, 0.5) is 4.79 Å². The SMILES string of the molecule is Cc1cccc(CS(=O)(=O)c2nnc(CCNC(=O)OC(C)(C)C)o2)c1. The van der Waals surface area contributed by atoms with Gasteiger partial charge in [-0.15, -0.1) is 5.10 Å². The lowest BCUT2D eigenvalue weighted by atomic mass is 10.2. The lowest BCUT2D eigenvalue weighted by Gasteiger charge is -2.19. The number of ether oxygens (including phenoxy) is 1. The van der Waals surface area contributed by atoms with E-state index in [4.69, 9.17) is 9.15 Å². The molecule has 1 aromatic carbocycles. The molecule has 0 fully saturated rings. The van der Waals surface area contributed by atoms with Gasteiger partial charge in [-0.2, -0.15) is 0 Å². The molecule has 1 amide bonds. The highest BCUT2D eigenvalue weighted by Gasteiger charge is 2.23. The molecule has 2 aromatic rings. The number of aryl methyl sites for hydroxylation is 1. The van der Waals surface area contributed by atoms with Crippen LogP contribution in [-0.2, 0) is 26.7 Å². The lowest BCUT2D eigenvalue weighted by Crippen LogP contribution is -2.33. The van der Waals surface area contributed by atoms with Crippen LogP contribution < -0.4 is 5.32 Å². The first-order valence-corrected chi connectivity index (χ1v) is 9.78. The number of hydrogen-bond donors (Lipinski definition) is 1. The lowest BCUT2D eigenvalue weighted by molar-refractivity contribution is 0.0527. The van der Waals surface area contributed by atoms with Gasteiger partial charge in [0, 0.05) is 13.0 Å². The number of rotatable bonds is 6. The van der Waals surface area contributed by atoms with E-state index in [1.807, 2.05) is 13.0 Å². The second-order valence-corrected chi connectivity index (χ2v) is 8.76. The predicted octanol–water partition coefficient (Wildman–Crippen LogP) is 2.42. The molecule has 0 aliphatic carbocycles. The van der Waals surface area contributed by atoms with Gasteiger partial charge in [-0.1, -0.05) is 34.9 Å². The zero-order valence-electron chi connectivity index (χ0n) is 15.3. The monoisotopic (exact) mass is 381 g/mol. The highest BCUT2D eigenvalue weighted by Crippen LogP contribution is 2.16. The molecule has 9 heteroatoms. The van der Waals surface area contributed by atoms with Crippen molar-refractivity contribution in [3.05, 3.63) is 41.3 Å². The third-order valence-corrected chi connectivity index (χ3v) is 4.57. The van der Waals surface area contributed by atoms with Crippen molar-refractivity contribution in [3.8, 4) is 0 Å². The molecular formula is C17H23N3O5S. The average Bonchev–Trinajstić information content (AvgIpc) is 2.94. The Morgan fingerprint density at radius 1 is 1.27 bits per heavy atom. The van der Waals surface area contributed by atoms with Crippen LogP contribution in [0.25, 0.3) is 0 Å². The Kier molecular flexibility index (Phi) is 6.01. The maximum Gasteiger partial charge on any atom is 0.407 e. The van der Waals surface area contributed by atoms with Gasteiger partial charge in [-0.05, 0) is 33.3 Å². The summed E-state index contributed by atoms with van der Waals surface area (Å²) in [6.45, 7) is 7.36. The van der Waals surface area contributed by atoms with Gasteiger partial charge in [0.15, 0.2) is 0 Å². The highest BCUT2D eigenvalue weighted by molar-refractivity contribution is 7.90. The van der Waals surface area contributed by atoms with Gasteiger partial charge in [0.1, 0.15) is 5.60 Å². The van der Waals surface area contributed by atoms with E-state index in [2.05, 4.69) is 15.5 Å². The largest absolute Gasteiger partial charge is 0.444 e. The first kappa shape index (κ1) is 19.9. The third-order valence-electron chi connectivity index (χ3n) is 3.16. The molecule has 1 heterocycles. The second-order valence-electron chi connectivity index (χ2n) is 6.89. The fourth-order valence-electron chi connectivity index (χ4n) is 2.13. The van der Waals surface area contributed by atoms with Gasteiger partial charge in [0.05, 0.1) is 5.75 Å². The van der Waals surface area contributed by atoms with Crippen LogP contribution in [0.1, 0.15) is 37.8 Å². The van der Waals surface area contributed by atoms with Crippen molar-refractivity contribution in [2.45, 2.75) is 50.7 Å². The molecule has 1 aromatic heterocycles. The van der Waals surface area contributed by atoms with Crippen molar-refractivity contribution >= 4 is 15.9 Å². The van der Waals surface area contributed by atoms with E-state index in [0.29, 0.717) is 5.56 Å². The van der Waals surface area contributed by atoms with E-state index >= 15 is 0 Å². The van der Waals surface area contributed by atoms with Crippen LogP contribution in [-0.4, -0.2) is 36.9 Å². The molecule has 0 aliphatic heterocycles. The van der Waals surface area contributed by atoms with Crippen molar-refractivity contribution in [1.82, 2.24) is 15.5 Å². The van der Waals surface area contributed by atoms with Gasteiger partial charge in [0.2, 0.25) is 15.7 Å². The summed E-state index contributed by atoms with van der Waals surface area (Å²) in [5.74, 6) is -0.0872. The number of carbonyl (C=O) groups excluding carboxylic acids is 1. The minimum atomic E-state index is -3.73. The van der Waals surface area contributed by atoms with E-state index < -0.39 is 26.8 Å². The second kappa shape index (κ2) is 7.86. The van der Waals surface area contributed by atoms with Gasteiger partial charge >= 0.3 is 11.3 Å². The minimum Gasteiger partial charge on any atom is -0.444 e. The Hall–Kier alpha value is -2.42. The van der Waals surface area contributed by atoms with Gasteiger partial charge in [0.25, 0.3) is 0 Å². The van der Waals surface area contributed by atoms with Crippen molar-refractivity contribution < 1.29 is 22.4 Å². The Bertz CT molecular complexity index is 869. The Morgan fingerprint density at radius 3 is 2.65 bits per heavy atom. The number of nitrogens with one attached hydrogen (secondary N) is 1. The summed E-state index contributed by atoms with van der Waals surface area (Å²) < 4.78 is 35.1. The molecule has 0 unspecified atom stereocenters. The first-order chi connectivity index (χ1) is 12.0. The summed E-state index contributed by atoms with van der Waals surface area (Å²) in [6.07, 6.45) is -0.365. The molecule has 2 rings (SSSR count). The van der Waals surface area contributed by atoms with E-state index in [9.17, 15) is 13.2 Å². The molecule has 8 nitrogen and oxygen atoms in total. The summed E-state index contributed by atoms with van der Waals surface area (Å²) in [4.78, 5) is 11.5. The number of nitrogens with zero attached hydrogens (tertiary/aromatic N) is 2. The molecule has 0 atom stereocenters. The number of sulfone groups is 1. The molecule has 0 saturated carbocycles. The summed E-state index contributed by atoms with van der Waals surface area (Å²) in [5.41, 5.74) is 1.03. The smallest absolute Gasteiger partial charge is 0.407 e. The summed E-state index contributed by atoms with van der Waals surface area (Å²) in [7, 11) is -3.73. The summed E-state index contributed by atoms with van der Waals surface area (Å²) in [5, 5.41) is 9.46. The first-order valence-electron chi connectivity index (χ1n) is 8.13. The van der Waals surface area contributed by atoms with Gasteiger partial charge in [-0.25, -0.2) is 13.2 Å². The Morgan fingerprint density at radius 2 is 2.00 bits per heavy atom. The zero-order valence-corrected chi connectivity index (χ0v) is 16.1. The minimum absolute atomic E-state index is 0.129. The summed E-state index contributed by atoms with van der Waals surface area (Å²) in [6, 6.07) is 7.20. The highest BCUT2D eigenvalue weighted by atomic mass is 32.2. The number of hydrogen-bond acceptors (Lipinski definition) is 7. The Labute approximate surface area is 152 Å². The molecule has 0 spiro atoms. The van der Waals surface area contributed by atoms with Gasteiger partial charge in [-0.3, -0.25) is 0 Å². The predicted molar refractivity (Wildman–Crippen MR) is 94.3 cm³/mol. The van der Waals surface area contributed by atoms with Crippen molar-refractivity contribution in [3.63, 3.8) is 0 Å². The maximum atomic E-state index is 12.4. The van der Waals surface area contributed by atoms with Crippen LogP contribution in [0.3, 0.4) is 0 Å². The molecule has 0 saturated heterocycles. The number of aromatic nitrogens is 2. The van der Waals surface area contributed by atoms with E-state index in [-0.39, 0.29) is 24.6 Å². The fourth-order valence-corrected chi connectivity index (χ4v) is 3.26. The third kappa shape index (κ3) is 6.14. The van der Waals surface area contributed by atoms with Crippen LogP contribution in [0, 0.1) is 6.92 Å². The normalized spacial score (nSPS) is 12.0. The fraction of sp³-hybridized carbons (Fsp3) is 0.471. The van der Waals surface area contributed by atoms with Crippen LogP contribution in [0.5, 0.6) is 0 Å². The van der Waals surface area contributed by atoms with Crippen molar-refractivity contribution in [2.24, 2.45) is 0 Å². The molecule has 142 valence electrons. The van der Waals surface area contributed by atoms with E-state index in [1.54, 1.807) is 39.0 Å². The van der Waals surface area contributed by atoms with Crippen LogP contribution in [0.2, 0.25) is 0 Å². The molecule has 0 radical (unpaired) electrons. The summed E-state index contributed by atoms with van der Waals surface area (Å²) >= 11 is 0.